The molecule has 0 amide bonds. The van der Waals surface area contributed by atoms with E-state index in [0.29, 0.717) is 21.4 Å². The molecule has 2 aliphatic rings. The second-order valence-electron chi connectivity index (χ2n) is 9.08. The van der Waals surface area contributed by atoms with Gasteiger partial charge in [-0.05, 0) is 73.2 Å². The number of carbonyl (C=O) groups is 1. The van der Waals surface area contributed by atoms with Gasteiger partial charge in [0.15, 0.2) is 5.78 Å². The lowest BCUT2D eigenvalue weighted by Crippen LogP contribution is -2.51. The number of benzene rings is 2. The first-order valence-corrected chi connectivity index (χ1v) is 11.8. The molecule has 30 heavy (non-hydrogen) atoms. The van der Waals surface area contributed by atoms with Crippen LogP contribution in [0.4, 0.5) is 11.4 Å². The Bertz CT molecular complexity index is 869. The zero-order valence-corrected chi connectivity index (χ0v) is 18.9. The highest BCUT2D eigenvalue weighted by Crippen LogP contribution is 2.53. The molecule has 4 rings (SSSR count). The molecule has 2 aromatic rings. The Labute approximate surface area is 189 Å². The van der Waals surface area contributed by atoms with Crippen LogP contribution in [-0.4, -0.2) is 5.78 Å². The van der Waals surface area contributed by atoms with Crippen molar-refractivity contribution in [1.82, 2.24) is 0 Å². The van der Waals surface area contributed by atoms with E-state index in [1.165, 1.54) is 0 Å². The average molecular weight is 445 g/mol. The van der Waals surface area contributed by atoms with E-state index in [-0.39, 0.29) is 5.78 Å². The summed E-state index contributed by atoms with van der Waals surface area (Å²) in [5.41, 5.74) is 14.7. The van der Waals surface area contributed by atoms with E-state index < -0.39 is 10.8 Å². The van der Waals surface area contributed by atoms with Gasteiger partial charge >= 0.3 is 0 Å². The van der Waals surface area contributed by atoms with Gasteiger partial charge in [0.1, 0.15) is 0 Å². The predicted octanol–water partition coefficient (Wildman–Crippen LogP) is 6.83. The molecule has 0 heterocycles. The molecule has 0 saturated heterocycles. The maximum atomic E-state index is 14.7. The average Bonchev–Trinajstić information content (AvgIpc) is 2.77. The molecule has 0 bridgehead atoms. The van der Waals surface area contributed by atoms with Gasteiger partial charge in [0.2, 0.25) is 0 Å². The van der Waals surface area contributed by atoms with Crippen molar-refractivity contribution in [3.63, 3.8) is 0 Å². The minimum atomic E-state index is -0.626. The largest absolute Gasteiger partial charge is 0.398 e. The molecule has 0 atom stereocenters. The Morgan fingerprint density at radius 2 is 1.03 bits per heavy atom. The van der Waals surface area contributed by atoms with Gasteiger partial charge in [-0.25, -0.2) is 0 Å². The molecule has 5 heteroatoms. The van der Waals surface area contributed by atoms with Gasteiger partial charge in [-0.2, -0.15) is 0 Å². The van der Waals surface area contributed by atoms with Crippen LogP contribution in [0.2, 0.25) is 10.0 Å². The van der Waals surface area contributed by atoms with Gasteiger partial charge in [0.25, 0.3) is 0 Å². The van der Waals surface area contributed by atoms with Crippen molar-refractivity contribution in [2.45, 2.75) is 75.0 Å². The molecule has 160 valence electrons. The number of anilines is 2. The number of carbonyl (C=O) groups excluding carboxylic acids is 1. The number of Topliss-reactive ketones (excluding diaryl/α,β-unsaturated/α-hetero) is 1. The minimum absolute atomic E-state index is 0.261. The van der Waals surface area contributed by atoms with E-state index in [1.54, 1.807) is 12.1 Å². The Kier molecular flexibility index (Phi) is 6.05. The van der Waals surface area contributed by atoms with Gasteiger partial charge in [-0.15, -0.1) is 0 Å². The lowest BCUT2D eigenvalue weighted by molar-refractivity contribution is -0.133. The van der Waals surface area contributed by atoms with Crippen molar-refractivity contribution in [2.75, 3.05) is 11.5 Å². The highest BCUT2D eigenvalue weighted by atomic mass is 35.5. The fraction of sp³-hybridized carbons (Fsp3) is 0.480. The van der Waals surface area contributed by atoms with Gasteiger partial charge in [-0.1, -0.05) is 61.7 Å². The first-order chi connectivity index (χ1) is 14.4. The van der Waals surface area contributed by atoms with Crippen molar-refractivity contribution in [2.24, 2.45) is 0 Å². The smallest absolute Gasteiger partial charge is 0.154 e. The summed E-state index contributed by atoms with van der Waals surface area (Å²) in [6, 6.07) is 11.1. The third kappa shape index (κ3) is 3.61. The molecule has 4 N–H and O–H groups in total. The van der Waals surface area contributed by atoms with Crippen LogP contribution in [0.15, 0.2) is 36.4 Å². The highest BCUT2D eigenvalue weighted by Gasteiger charge is 2.53. The summed E-state index contributed by atoms with van der Waals surface area (Å²) >= 11 is 12.8. The molecule has 0 spiro atoms. The van der Waals surface area contributed by atoms with E-state index in [2.05, 4.69) is 0 Å². The molecule has 0 aliphatic heterocycles. The Morgan fingerprint density at radius 1 is 0.667 bits per heavy atom. The van der Waals surface area contributed by atoms with E-state index in [0.717, 1.165) is 75.3 Å². The Hall–Kier alpha value is -1.71. The number of halogens is 2. The quantitative estimate of drug-likeness (QED) is 0.507. The summed E-state index contributed by atoms with van der Waals surface area (Å²) in [6.07, 6.45) is 9.55. The van der Waals surface area contributed by atoms with Crippen LogP contribution in [0.5, 0.6) is 0 Å². The van der Waals surface area contributed by atoms with Gasteiger partial charge in [0.05, 0.1) is 10.8 Å². The fourth-order valence-electron chi connectivity index (χ4n) is 5.89. The molecule has 2 aliphatic carbocycles. The second kappa shape index (κ2) is 8.43. The molecule has 2 saturated carbocycles. The summed E-state index contributed by atoms with van der Waals surface area (Å²) in [6.45, 7) is 0. The summed E-state index contributed by atoms with van der Waals surface area (Å²) in [5.74, 6) is 0.261. The van der Waals surface area contributed by atoms with Gasteiger partial charge < -0.3 is 11.5 Å². The van der Waals surface area contributed by atoms with Crippen LogP contribution in [0.25, 0.3) is 0 Å². The van der Waals surface area contributed by atoms with Crippen molar-refractivity contribution >= 4 is 40.4 Å². The third-order valence-corrected chi connectivity index (χ3v) is 7.82. The predicted molar refractivity (Wildman–Crippen MR) is 126 cm³/mol. The van der Waals surface area contributed by atoms with Crippen molar-refractivity contribution in [3.05, 3.63) is 57.6 Å². The molecule has 2 aromatic carbocycles. The van der Waals surface area contributed by atoms with Gasteiger partial charge in [0, 0.05) is 21.4 Å². The third-order valence-electron chi connectivity index (χ3n) is 7.35. The summed E-state index contributed by atoms with van der Waals surface area (Å²) in [4.78, 5) is 14.7. The fourth-order valence-corrected chi connectivity index (χ4v) is 6.24. The van der Waals surface area contributed by atoms with E-state index in [1.807, 2.05) is 24.3 Å². The number of hydrogen-bond donors (Lipinski definition) is 2. The molecule has 0 radical (unpaired) electrons. The monoisotopic (exact) mass is 444 g/mol. The topological polar surface area (TPSA) is 69.1 Å². The first kappa shape index (κ1) is 21.5. The van der Waals surface area contributed by atoms with Crippen LogP contribution in [-0.2, 0) is 15.6 Å². The van der Waals surface area contributed by atoms with Crippen molar-refractivity contribution < 1.29 is 4.79 Å². The second-order valence-corrected chi connectivity index (χ2v) is 9.95. The van der Waals surface area contributed by atoms with E-state index in [4.69, 9.17) is 34.7 Å². The van der Waals surface area contributed by atoms with Crippen LogP contribution in [0, 0.1) is 0 Å². The normalized spacial score (nSPS) is 20.6. The van der Waals surface area contributed by atoms with E-state index >= 15 is 0 Å². The number of ketones is 1. The zero-order chi connectivity index (χ0) is 21.4. The number of nitrogen functional groups attached to an aromatic ring is 2. The van der Waals surface area contributed by atoms with Gasteiger partial charge in [-0.3, -0.25) is 4.79 Å². The molecular formula is C25H30Cl2N2O. The maximum absolute atomic E-state index is 14.7. The number of nitrogens with two attached hydrogens (primary N) is 2. The number of hydrogen-bond acceptors (Lipinski definition) is 3. The van der Waals surface area contributed by atoms with Crippen LogP contribution in [0.3, 0.4) is 0 Å². The standard InChI is InChI=1S/C25H30Cl2N2O/c26-17-7-9-21(28)19(15-17)24(11-3-1-4-12-24)23(30)25(13-5-2-6-14-25)20-16-18(27)8-10-22(20)29/h7-10,15-16H,1-6,11-14,28-29H2. The lowest BCUT2D eigenvalue weighted by atomic mass is 9.55. The molecule has 3 nitrogen and oxygen atoms in total. The maximum Gasteiger partial charge on any atom is 0.154 e. The molecule has 2 fully saturated rings. The molecule has 0 aromatic heterocycles. The summed E-state index contributed by atoms with van der Waals surface area (Å²) in [5, 5.41) is 1.24. The van der Waals surface area contributed by atoms with Crippen molar-refractivity contribution in [3.8, 4) is 0 Å². The molecular weight excluding hydrogens is 415 g/mol. The first-order valence-electron chi connectivity index (χ1n) is 11.0. The minimum Gasteiger partial charge on any atom is -0.398 e. The highest BCUT2D eigenvalue weighted by molar-refractivity contribution is 6.31. The van der Waals surface area contributed by atoms with E-state index in [9.17, 15) is 4.79 Å². The Balaban J connectivity index is 1.92. The zero-order valence-electron chi connectivity index (χ0n) is 17.4. The summed E-state index contributed by atoms with van der Waals surface area (Å²) < 4.78 is 0. The number of rotatable bonds is 4. The van der Waals surface area contributed by atoms with Crippen molar-refractivity contribution in [1.29, 1.82) is 0 Å². The SMILES string of the molecule is Nc1ccc(Cl)cc1C1(C(=O)C2(c3cc(Cl)ccc3N)CCCCC2)CCCCC1. The van der Waals surface area contributed by atoms with Crippen LogP contribution >= 0.6 is 23.2 Å². The Morgan fingerprint density at radius 3 is 1.40 bits per heavy atom. The van der Waals surface area contributed by atoms with Crippen LogP contribution in [0.1, 0.15) is 75.3 Å². The van der Waals surface area contributed by atoms with Crippen LogP contribution < -0.4 is 11.5 Å². The molecule has 0 unspecified atom stereocenters. The summed E-state index contributed by atoms with van der Waals surface area (Å²) in [7, 11) is 0. The lowest BCUT2D eigenvalue weighted by Gasteiger charge is -2.47.